The molecule has 0 aliphatic heterocycles. The number of hydrogen-bond acceptors (Lipinski definition) is 5. The average Bonchev–Trinajstić information content (AvgIpc) is 3.30. The summed E-state index contributed by atoms with van der Waals surface area (Å²) in [6.07, 6.45) is 2.26. The number of nitrogens with one attached hydrogen (secondary N) is 1. The van der Waals surface area contributed by atoms with Gasteiger partial charge in [0, 0.05) is 24.3 Å². The summed E-state index contributed by atoms with van der Waals surface area (Å²) >= 11 is 0. The van der Waals surface area contributed by atoms with Crippen molar-refractivity contribution in [2.45, 2.75) is 38.1 Å². The fourth-order valence-electron chi connectivity index (χ4n) is 2.11. The first kappa shape index (κ1) is 15.3. The number of ketones is 1. The molecule has 2 aromatic rings. The number of hydrogen-bond donors (Lipinski definition) is 1. The van der Waals surface area contributed by atoms with Gasteiger partial charge < -0.3 is 9.84 Å². The van der Waals surface area contributed by atoms with Crippen LogP contribution in [0.5, 0.6) is 0 Å². The molecule has 7 heteroatoms. The Morgan fingerprint density at radius 1 is 1.22 bits per heavy atom. The molecule has 1 saturated carbocycles. The normalized spacial score (nSPS) is 13.8. The number of rotatable bonds is 7. The van der Waals surface area contributed by atoms with E-state index >= 15 is 0 Å². The van der Waals surface area contributed by atoms with Gasteiger partial charge in [-0.1, -0.05) is 5.16 Å². The molecular weight excluding hydrogens is 301 g/mol. The van der Waals surface area contributed by atoms with Crippen LogP contribution < -0.4 is 5.32 Å². The van der Waals surface area contributed by atoms with Crippen LogP contribution in [-0.4, -0.2) is 21.8 Å². The van der Waals surface area contributed by atoms with E-state index in [-0.39, 0.29) is 31.1 Å². The lowest BCUT2D eigenvalue weighted by molar-refractivity contribution is -0.121. The highest BCUT2D eigenvalue weighted by Gasteiger charge is 2.29. The molecule has 0 unspecified atom stereocenters. The van der Waals surface area contributed by atoms with E-state index in [1.54, 1.807) is 0 Å². The van der Waals surface area contributed by atoms with Crippen LogP contribution in [0, 0.1) is 5.82 Å². The van der Waals surface area contributed by atoms with E-state index in [0.29, 0.717) is 23.2 Å². The van der Waals surface area contributed by atoms with Gasteiger partial charge in [0.25, 0.3) is 0 Å². The molecule has 1 N–H and O–H groups in total. The Bertz CT molecular complexity index is 708. The number of carbonyl (C=O) groups excluding carboxylic acids is 2. The van der Waals surface area contributed by atoms with Crippen molar-refractivity contribution in [3.05, 3.63) is 47.4 Å². The highest BCUT2D eigenvalue weighted by Crippen LogP contribution is 2.38. The summed E-state index contributed by atoms with van der Waals surface area (Å²) in [5.74, 6) is 0.574. The van der Waals surface area contributed by atoms with Gasteiger partial charge >= 0.3 is 0 Å². The van der Waals surface area contributed by atoms with Crippen molar-refractivity contribution in [3.8, 4) is 0 Å². The molecule has 1 aliphatic rings. The number of amides is 1. The first-order chi connectivity index (χ1) is 11.1. The van der Waals surface area contributed by atoms with Crippen molar-refractivity contribution in [3.63, 3.8) is 0 Å². The predicted octanol–water partition coefficient (Wildman–Crippen LogP) is 2.37. The van der Waals surface area contributed by atoms with Crippen molar-refractivity contribution in [2.24, 2.45) is 0 Å². The number of Topliss-reactive ketones (excluding diaryl/α,β-unsaturated/α-hetero) is 1. The third kappa shape index (κ3) is 4.21. The molecule has 120 valence electrons. The number of benzene rings is 1. The van der Waals surface area contributed by atoms with Crippen molar-refractivity contribution in [2.75, 3.05) is 0 Å². The molecule has 1 aromatic heterocycles. The zero-order valence-corrected chi connectivity index (χ0v) is 12.4. The largest absolute Gasteiger partial charge is 0.349 e. The summed E-state index contributed by atoms with van der Waals surface area (Å²) in [4.78, 5) is 27.8. The molecule has 1 aliphatic carbocycles. The number of aromatic nitrogens is 2. The van der Waals surface area contributed by atoms with Gasteiger partial charge in [-0.15, -0.1) is 0 Å². The van der Waals surface area contributed by atoms with Crippen LogP contribution in [0.1, 0.15) is 53.7 Å². The summed E-state index contributed by atoms with van der Waals surface area (Å²) in [5, 5.41) is 6.45. The highest BCUT2D eigenvalue weighted by molar-refractivity contribution is 5.97. The smallest absolute Gasteiger partial charge is 0.229 e. The van der Waals surface area contributed by atoms with Crippen molar-refractivity contribution in [1.29, 1.82) is 0 Å². The summed E-state index contributed by atoms with van der Waals surface area (Å²) in [6.45, 7) is 0.180. The molecule has 0 bridgehead atoms. The summed E-state index contributed by atoms with van der Waals surface area (Å²) in [5.41, 5.74) is 0.395. The molecule has 0 atom stereocenters. The standard InChI is InChI=1S/C16H16FN3O3/c17-12-5-3-10(4-6-12)13(21)7-8-15(22)18-9-14-19-16(23-20-14)11-1-2-11/h3-6,11H,1-2,7-9H2,(H,18,22). The van der Waals surface area contributed by atoms with Crippen LogP contribution in [-0.2, 0) is 11.3 Å². The Balaban J connectivity index is 1.41. The second-order valence-corrected chi connectivity index (χ2v) is 5.53. The van der Waals surface area contributed by atoms with Gasteiger partial charge in [-0.3, -0.25) is 9.59 Å². The average molecular weight is 317 g/mol. The van der Waals surface area contributed by atoms with E-state index in [1.165, 1.54) is 24.3 Å². The van der Waals surface area contributed by atoms with E-state index < -0.39 is 5.82 Å². The Morgan fingerprint density at radius 2 is 1.96 bits per heavy atom. The van der Waals surface area contributed by atoms with E-state index in [0.717, 1.165) is 12.8 Å². The van der Waals surface area contributed by atoms with Gasteiger partial charge in [-0.05, 0) is 37.1 Å². The van der Waals surface area contributed by atoms with Gasteiger partial charge in [0.05, 0.1) is 6.54 Å². The molecule has 1 aromatic carbocycles. The minimum absolute atomic E-state index is 0.0591. The van der Waals surface area contributed by atoms with Crippen molar-refractivity contribution in [1.82, 2.24) is 15.5 Å². The molecule has 0 radical (unpaired) electrons. The molecule has 1 fully saturated rings. The highest BCUT2D eigenvalue weighted by atomic mass is 19.1. The molecule has 1 amide bonds. The molecular formula is C16H16FN3O3. The molecule has 6 nitrogen and oxygen atoms in total. The Morgan fingerprint density at radius 3 is 2.65 bits per heavy atom. The third-order valence-corrected chi connectivity index (χ3v) is 3.60. The number of carbonyl (C=O) groups is 2. The second kappa shape index (κ2) is 6.68. The summed E-state index contributed by atoms with van der Waals surface area (Å²) in [6, 6.07) is 5.27. The molecule has 3 rings (SSSR count). The monoisotopic (exact) mass is 317 g/mol. The lowest BCUT2D eigenvalue weighted by atomic mass is 10.1. The molecule has 0 saturated heterocycles. The molecule has 0 spiro atoms. The van der Waals surface area contributed by atoms with E-state index in [2.05, 4.69) is 15.5 Å². The maximum absolute atomic E-state index is 12.8. The lowest BCUT2D eigenvalue weighted by Gasteiger charge is -2.02. The van der Waals surface area contributed by atoms with Crippen LogP contribution in [0.4, 0.5) is 4.39 Å². The Kier molecular flexibility index (Phi) is 4.45. The van der Waals surface area contributed by atoms with Crippen LogP contribution >= 0.6 is 0 Å². The predicted molar refractivity (Wildman–Crippen MR) is 78.1 cm³/mol. The Labute approximate surface area is 132 Å². The van der Waals surface area contributed by atoms with Crippen LogP contribution in [0.25, 0.3) is 0 Å². The van der Waals surface area contributed by atoms with E-state index in [1.807, 2.05) is 0 Å². The minimum Gasteiger partial charge on any atom is -0.349 e. The van der Waals surface area contributed by atoms with Crippen LogP contribution in [0.3, 0.4) is 0 Å². The van der Waals surface area contributed by atoms with Gasteiger partial charge in [-0.25, -0.2) is 4.39 Å². The zero-order chi connectivity index (χ0) is 16.2. The first-order valence-corrected chi connectivity index (χ1v) is 7.50. The first-order valence-electron chi connectivity index (χ1n) is 7.50. The van der Waals surface area contributed by atoms with Gasteiger partial charge in [0.15, 0.2) is 11.6 Å². The maximum atomic E-state index is 12.8. The van der Waals surface area contributed by atoms with Gasteiger partial charge in [0.2, 0.25) is 11.8 Å². The molecule has 1 heterocycles. The van der Waals surface area contributed by atoms with Gasteiger partial charge in [-0.2, -0.15) is 4.98 Å². The van der Waals surface area contributed by atoms with E-state index in [9.17, 15) is 14.0 Å². The quantitative estimate of drug-likeness (QED) is 0.792. The third-order valence-electron chi connectivity index (χ3n) is 3.60. The summed E-state index contributed by atoms with van der Waals surface area (Å²) < 4.78 is 17.9. The topological polar surface area (TPSA) is 85.1 Å². The fourth-order valence-corrected chi connectivity index (χ4v) is 2.11. The lowest BCUT2D eigenvalue weighted by Crippen LogP contribution is -2.23. The zero-order valence-electron chi connectivity index (χ0n) is 12.4. The van der Waals surface area contributed by atoms with Crippen LogP contribution in [0.15, 0.2) is 28.8 Å². The van der Waals surface area contributed by atoms with Gasteiger partial charge in [0.1, 0.15) is 5.82 Å². The maximum Gasteiger partial charge on any atom is 0.229 e. The fraction of sp³-hybridized carbons (Fsp3) is 0.375. The van der Waals surface area contributed by atoms with Crippen molar-refractivity contribution >= 4 is 11.7 Å². The van der Waals surface area contributed by atoms with Crippen molar-refractivity contribution < 1.29 is 18.5 Å². The van der Waals surface area contributed by atoms with E-state index in [4.69, 9.17) is 4.52 Å². The van der Waals surface area contributed by atoms with Crippen LogP contribution in [0.2, 0.25) is 0 Å². The number of nitrogens with zero attached hydrogens (tertiary/aromatic N) is 2. The summed E-state index contributed by atoms with van der Waals surface area (Å²) in [7, 11) is 0. The molecule has 23 heavy (non-hydrogen) atoms. The number of halogens is 1. The minimum atomic E-state index is -0.398. The second-order valence-electron chi connectivity index (χ2n) is 5.53. The Hall–Kier alpha value is -2.57. The SMILES string of the molecule is O=C(CCC(=O)c1ccc(F)cc1)NCc1noc(C2CC2)n1.